The second-order valence-electron chi connectivity index (χ2n) is 7.09. The molecule has 4 rings (SSSR count). The molecule has 8 heteroatoms. The molecule has 3 unspecified atom stereocenters. The van der Waals surface area contributed by atoms with Crippen LogP contribution in [0.5, 0.6) is 11.5 Å². The molecule has 1 aliphatic heterocycles. The highest BCUT2D eigenvalue weighted by molar-refractivity contribution is 7.88. The van der Waals surface area contributed by atoms with Crippen LogP contribution >= 0.6 is 0 Å². The first-order chi connectivity index (χ1) is 13.4. The molecule has 1 saturated carbocycles. The topological polar surface area (TPSA) is 102 Å². The molecule has 7 nitrogen and oxygen atoms in total. The Hall–Kier alpha value is -2.58. The number of carboxylic acids is 1. The van der Waals surface area contributed by atoms with Gasteiger partial charge in [0.1, 0.15) is 6.10 Å². The fourth-order valence-corrected chi connectivity index (χ4v) is 5.48. The Morgan fingerprint density at radius 1 is 1.14 bits per heavy atom. The van der Waals surface area contributed by atoms with Gasteiger partial charge in [-0.2, -0.15) is 0 Å². The zero-order valence-corrected chi connectivity index (χ0v) is 15.9. The van der Waals surface area contributed by atoms with Crippen LogP contribution in [-0.2, 0) is 20.6 Å². The molecule has 28 heavy (non-hydrogen) atoms. The van der Waals surface area contributed by atoms with E-state index in [2.05, 4.69) is 4.72 Å². The van der Waals surface area contributed by atoms with Crippen molar-refractivity contribution in [2.75, 3.05) is 6.61 Å². The maximum atomic E-state index is 12.7. The minimum atomic E-state index is -3.51. The molecule has 0 spiro atoms. The first kappa shape index (κ1) is 18.8. The van der Waals surface area contributed by atoms with Crippen LogP contribution in [-0.4, -0.2) is 38.2 Å². The van der Waals surface area contributed by atoms with Gasteiger partial charge in [0.05, 0.1) is 5.75 Å². The molecule has 0 amide bonds. The van der Waals surface area contributed by atoms with Crippen molar-refractivity contribution in [3.05, 3.63) is 59.7 Å². The number of hydrogen-bond acceptors (Lipinski definition) is 5. The summed E-state index contributed by atoms with van der Waals surface area (Å²) in [5.41, 5.74) is 1.59. The summed E-state index contributed by atoms with van der Waals surface area (Å²) in [7, 11) is -3.51. The van der Waals surface area contributed by atoms with Gasteiger partial charge in [0.15, 0.2) is 18.1 Å². The highest BCUT2D eigenvalue weighted by Crippen LogP contribution is 2.50. The smallest absolute Gasteiger partial charge is 0.341 e. The molecule has 3 atom stereocenters. The molecule has 148 valence electrons. The van der Waals surface area contributed by atoms with E-state index in [9.17, 15) is 13.2 Å². The number of fused-ring (bicyclic) bond motifs is 3. The van der Waals surface area contributed by atoms with Crippen molar-refractivity contribution in [1.29, 1.82) is 0 Å². The van der Waals surface area contributed by atoms with Crippen LogP contribution in [0.4, 0.5) is 0 Å². The van der Waals surface area contributed by atoms with Crippen molar-refractivity contribution in [3.8, 4) is 11.5 Å². The molecule has 2 aromatic carbocycles. The van der Waals surface area contributed by atoms with E-state index in [0.717, 1.165) is 17.5 Å². The van der Waals surface area contributed by atoms with Gasteiger partial charge in [-0.3, -0.25) is 0 Å². The highest BCUT2D eigenvalue weighted by Gasteiger charge is 2.46. The van der Waals surface area contributed by atoms with E-state index in [-0.39, 0.29) is 23.8 Å². The summed E-state index contributed by atoms with van der Waals surface area (Å²) in [5.74, 6) is -0.362. The minimum absolute atomic E-state index is 0.0722. The second kappa shape index (κ2) is 7.44. The molecule has 1 fully saturated rings. The molecular formula is C20H21NO6S. The lowest BCUT2D eigenvalue weighted by atomic mass is 9.94. The van der Waals surface area contributed by atoms with Crippen LogP contribution in [0.1, 0.15) is 29.9 Å². The van der Waals surface area contributed by atoms with Gasteiger partial charge in [0.2, 0.25) is 10.0 Å². The zero-order valence-electron chi connectivity index (χ0n) is 15.1. The lowest BCUT2D eigenvalue weighted by molar-refractivity contribution is -0.139. The average Bonchev–Trinajstić information content (AvgIpc) is 3.20. The van der Waals surface area contributed by atoms with Gasteiger partial charge in [-0.1, -0.05) is 42.5 Å². The van der Waals surface area contributed by atoms with Crippen molar-refractivity contribution >= 4 is 16.0 Å². The lowest BCUT2D eigenvalue weighted by Gasteiger charge is -2.19. The van der Waals surface area contributed by atoms with E-state index in [4.69, 9.17) is 14.6 Å². The van der Waals surface area contributed by atoms with Crippen LogP contribution in [0.15, 0.2) is 48.5 Å². The Labute approximate surface area is 163 Å². The van der Waals surface area contributed by atoms with E-state index in [0.29, 0.717) is 17.9 Å². The number of rotatable bonds is 7. The number of ether oxygens (including phenoxy) is 2. The number of hydrogen-bond donors (Lipinski definition) is 2. The van der Waals surface area contributed by atoms with Crippen molar-refractivity contribution in [2.24, 2.45) is 0 Å². The lowest BCUT2D eigenvalue weighted by Crippen LogP contribution is -2.38. The highest BCUT2D eigenvalue weighted by atomic mass is 32.2. The van der Waals surface area contributed by atoms with Gasteiger partial charge in [-0.15, -0.1) is 0 Å². The maximum absolute atomic E-state index is 12.7. The molecular weight excluding hydrogens is 382 g/mol. The number of para-hydroxylation sites is 1. The SMILES string of the molecule is O=C(O)COc1cccc2c1OC1CCC(NS(=O)(=O)Cc3ccccc3)C21. The number of sulfonamides is 1. The summed E-state index contributed by atoms with van der Waals surface area (Å²) < 4.78 is 39.5. The fourth-order valence-electron chi connectivity index (χ4n) is 4.04. The predicted molar refractivity (Wildman–Crippen MR) is 102 cm³/mol. The third kappa shape index (κ3) is 3.83. The second-order valence-corrected chi connectivity index (χ2v) is 8.84. The monoisotopic (exact) mass is 403 g/mol. The molecule has 0 saturated heterocycles. The number of nitrogens with one attached hydrogen (secondary N) is 1. The maximum Gasteiger partial charge on any atom is 0.341 e. The summed E-state index contributed by atoms with van der Waals surface area (Å²) in [6.07, 6.45) is 1.26. The molecule has 1 aliphatic carbocycles. The third-order valence-electron chi connectivity index (χ3n) is 5.12. The van der Waals surface area contributed by atoms with Crippen LogP contribution in [0.25, 0.3) is 0 Å². The molecule has 1 heterocycles. The molecule has 2 aromatic rings. The van der Waals surface area contributed by atoms with E-state index >= 15 is 0 Å². The Balaban J connectivity index is 1.52. The fraction of sp³-hybridized carbons (Fsp3) is 0.350. The first-order valence-electron chi connectivity index (χ1n) is 9.11. The first-order valence-corrected chi connectivity index (χ1v) is 10.8. The normalized spacial score (nSPS) is 22.9. The molecule has 0 aromatic heterocycles. The van der Waals surface area contributed by atoms with Crippen molar-refractivity contribution in [1.82, 2.24) is 4.72 Å². The van der Waals surface area contributed by atoms with Crippen molar-refractivity contribution in [3.63, 3.8) is 0 Å². The molecule has 2 aliphatic rings. The number of benzene rings is 2. The van der Waals surface area contributed by atoms with E-state index in [1.807, 2.05) is 24.3 Å². The van der Waals surface area contributed by atoms with Gasteiger partial charge in [0.25, 0.3) is 0 Å². The van der Waals surface area contributed by atoms with Gasteiger partial charge < -0.3 is 14.6 Å². The quantitative estimate of drug-likeness (QED) is 0.735. The Kier molecular flexibility index (Phi) is 4.99. The third-order valence-corrected chi connectivity index (χ3v) is 6.49. The zero-order chi connectivity index (χ0) is 19.7. The average molecular weight is 403 g/mol. The van der Waals surface area contributed by atoms with Crippen LogP contribution < -0.4 is 14.2 Å². The van der Waals surface area contributed by atoms with E-state index < -0.39 is 22.6 Å². The van der Waals surface area contributed by atoms with Gasteiger partial charge in [0, 0.05) is 17.5 Å². The summed E-state index contributed by atoms with van der Waals surface area (Å²) >= 11 is 0. The van der Waals surface area contributed by atoms with Crippen molar-refractivity contribution < 1.29 is 27.8 Å². The number of carbonyl (C=O) groups is 1. The van der Waals surface area contributed by atoms with Gasteiger partial charge in [-0.25, -0.2) is 17.9 Å². The standard InChI is InChI=1S/C20H21NO6S/c22-18(23)11-26-17-8-4-7-14-19-15(9-10-16(19)27-20(14)17)21-28(24,25)12-13-5-2-1-3-6-13/h1-8,15-16,19,21H,9-12H2,(H,22,23). The Morgan fingerprint density at radius 2 is 1.93 bits per heavy atom. The van der Waals surface area contributed by atoms with Crippen LogP contribution in [0, 0.1) is 0 Å². The van der Waals surface area contributed by atoms with E-state index in [1.54, 1.807) is 24.3 Å². The van der Waals surface area contributed by atoms with Gasteiger partial charge in [-0.05, 0) is 24.5 Å². The summed E-state index contributed by atoms with van der Waals surface area (Å²) in [5, 5.41) is 8.83. The summed E-state index contributed by atoms with van der Waals surface area (Å²) in [6.45, 7) is -0.456. The predicted octanol–water partition coefficient (Wildman–Crippen LogP) is 2.28. The minimum Gasteiger partial charge on any atom is -0.486 e. The number of carboxylic acid groups (broad SMARTS) is 1. The van der Waals surface area contributed by atoms with Gasteiger partial charge >= 0.3 is 5.97 Å². The Morgan fingerprint density at radius 3 is 2.68 bits per heavy atom. The van der Waals surface area contributed by atoms with Crippen LogP contribution in [0.2, 0.25) is 0 Å². The van der Waals surface area contributed by atoms with Crippen molar-refractivity contribution in [2.45, 2.75) is 36.7 Å². The summed E-state index contributed by atoms with van der Waals surface area (Å²) in [4.78, 5) is 10.8. The molecule has 2 N–H and O–H groups in total. The number of aliphatic carboxylic acids is 1. The van der Waals surface area contributed by atoms with E-state index in [1.165, 1.54) is 0 Å². The molecule has 0 radical (unpaired) electrons. The van der Waals surface area contributed by atoms with Crippen LogP contribution in [0.3, 0.4) is 0 Å². The Bertz CT molecular complexity index is 975. The largest absolute Gasteiger partial charge is 0.486 e. The summed E-state index contributed by atoms with van der Waals surface area (Å²) in [6, 6.07) is 14.1. The molecule has 0 bridgehead atoms.